The Morgan fingerprint density at radius 3 is 2.53 bits per heavy atom. The first kappa shape index (κ1) is 10.8. The molecule has 0 heteroatoms. The summed E-state index contributed by atoms with van der Waals surface area (Å²) in [5.41, 5.74) is 8.54. The Kier molecular flexibility index (Phi) is 2.11. The predicted molar refractivity (Wildman–Crippen MR) is 81.7 cm³/mol. The molecule has 0 aromatic heterocycles. The molecule has 0 saturated heterocycles. The molecule has 0 aliphatic heterocycles. The number of rotatable bonds is 0. The summed E-state index contributed by atoms with van der Waals surface area (Å²) in [7, 11) is 0. The quantitative estimate of drug-likeness (QED) is 0.407. The van der Waals surface area contributed by atoms with E-state index in [9.17, 15) is 0 Å². The van der Waals surface area contributed by atoms with Crippen molar-refractivity contribution < 1.29 is 0 Å². The second-order valence-electron chi connectivity index (χ2n) is 5.61. The molecule has 0 atom stereocenters. The maximum absolute atomic E-state index is 2.34. The van der Waals surface area contributed by atoms with Crippen LogP contribution in [0.25, 0.3) is 21.9 Å². The number of hydrogen-bond acceptors (Lipinski definition) is 0. The van der Waals surface area contributed by atoms with Crippen molar-refractivity contribution in [2.45, 2.75) is 20.3 Å². The van der Waals surface area contributed by atoms with Gasteiger partial charge < -0.3 is 0 Å². The maximum Gasteiger partial charge on any atom is -0.00132 e. The van der Waals surface area contributed by atoms with Crippen LogP contribution >= 0.6 is 0 Å². The monoisotopic (exact) mass is 244 g/mol. The van der Waals surface area contributed by atoms with Crippen LogP contribution in [0.15, 0.2) is 48.5 Å². The summed E-state index contributed by atoms with van der Waals surface area (Å²) in [6.07, 6.45) is 1.08. The molecule has 3 aromatic carbocycles. The predicted octanol–water partition coefficient (Wildman–Crippen LogP) is 5.03. The zero-order valence-electron chi connectivity index (χ0n) is 11.3. The number of aryl methyl sites for hydroxylation is 2. The second-order valence-corrected chi connectivity index (χ2v) is 5.61. The van der Waals surface area contributed by atoms with E-state index in [1.807, 2.05) is 0 Å². The normalized spacial score (nSPS) is 12.5. The Labute approximate surface area is 113 Å². The van der Waals surface area contributed by atoms with E-state index in [2.05, 4.69) is 62.4 Å². The third kappa shape index (κ3) is 1.46. The highest BCUT2D eigenvalue weighted by atomic mass is 14.2. The lowest BCUT2D eigenvalue weighted by Crippen LogP contribution is -1.87. The van der Waals surface area contributed by atoms with Gasteiger partial charge in [-0.3, -0.25) is 0 Å². The largest absolute Gasteiger partial charge is 0.0619 e. The molecule has 0 radical (unpaired) electrons. The van der Waals surface area contributed by atoms with Gasteiger partial charge in [-0.15, -0.1) is 0 Å². The zero-order valence-corrected chi connectivity index (χ0v) is 11.3. The summed E-state index contributed by atoms with van der Waals surface area (Å²) in [5.74, 6) is 0. The second kappa shape index (κ2) is 3.71. The highest BCUT2D eigenvalue weighted by Gasteiger charge is 2.20. The Hall–Kier alpha value is -2.08. The highest BCUT2D eigenvalue weighted by Crippen LogP contribution is 2.42. The Morgan fingerprint density at radius 1 is 0.789 bits per heavy atom. The van der Waals surface area contributed by atoms with Crippen molar-refractivity contribution in [1.29, 1.82) is 0 Å². The number of hydrogen-bond donors (Lipinski definition) is 0. The van der Waals surface area contributed by atoms with E-state index in [1.165, 1.54) is 44.2 Å². The van der Waals surface area contributed by atoms with Crippen LogP contribution in [-0.2, 0) is 6.42 Å². The van der Waals surface area contributed by atoms with Crippen LogP contribution in [0.3, 0.4) is 0 Å². The maximum atomic E-state index is 2.34. The summed E-state index contributed by atoms with van der Waals surface area (Å²) < 4.78 is 0. The minimum Gasteiger partial charge on any atom is -0.0619 e. The molecule has 0 bridgehead atoms. The van der Waals surface area contributed by atoms with Gasteiger partial charge in [0, 0.05) is 0 Å². The van der Waals surface area contributed by atoms with Crippen LogP contribution in [0, 0.1) is 13.8 Å². The van der Waals surface area contributed by atoms with Gasteiger partial charge in [-0.25, -0.2) is 0 Å². The Bertz CT molecular complexity index is 810. The van der Waals surface area contributed by atoms with Crippen molar-refractivity contribution in [3.63, 3.8) is 0 Å². The molecule has 0 amide bonds. The van der Waals surface area contributed by atoms with Crippen LogP contribution < -0.4 is 0 Å². The van der Waals surface area contributed by atoms with Crippen LogP contribution in [-0.4, -0.2) is 0 Å². The SMILES string of the molecule is Cc1cc(C)c2ccc3c(c2c1)-c1ccccc1C3. The van der Waals surface area contributed by atoms with Gasteiger partial charge in [-0.1, -0.05) is 54.1 Å². The molecular weight excluding hydrogens is 228 g/mol. The van der Waals surface area contributed by atoms with E-state index in [1.54, 1.807) is 0 Å². The summed E-state index contributed by atoms with van der Waals surface area (Å²) >= 11 is 0. The van der Waals surface area contributed by atoms with Crippen molar-refractivity contribution in [3.8, 4) is 11.1 Å². The molecule has 92 valence electrons. The minimum atomic E-state index is 1.08. The Morgan fingerprint density at radius 2 is 1.63 bits per heavy atom. The smallest absolute Gasteiger partial charge is 0.00132 e. The van der Waals surface area contributed by atoms with Crippen molar-refractivity contribution >= 4 is 10.8 Å². The van der Waals surface area contributed by atoms with Gasteiger partial charge in [0.15, 0.2) is 0 Å². The van der Waals surface area contributed by atoms with Gasteiger partial charge in [-0.2, -0.15) is 0 Å². The molecule has 0 saturated carbocycles. The van der Waals surface area contributed by atoms with Crippen molar-refractivity contribution in [2.75, 3.05) is 0 Å². The van der Waals surface area contributed by atoms with Gasteiger partial charge in [0.25, 0.3) is 0 Å². The zero-order chi connectivity index (χ0) is 13.0. The van der Waals surface area contributed by atoms with E-state index in [0.717, 1.165) is 6.42 Å². The standard InChI is InChI=1S/C19H16/c1-12-9-13(2)16-8-7-15-11-14-5-3-4-6-17(14)19(15)18(16)10-12/h3-10H,11H2,1-2H3. The average molecular weight is 244 g/mol. The Balaban J connectivity index is 2.18. The molecule has 0 nitrogen and oxygen atoms in total. The molecule has 0 spiro atoms. The van der Waals surface area contributed by atoms with E-state index in [-0.39, 0.29) is 0 Å². The van der Waals surface area contributed by atoms with Crippen LogP contribution in [0.4, 0.5) is 0 Å². The van der Waals surface area contributed by atoms with Crippen LogP contribution in [0.1, 0.15) is 22.3 Å². The molecule has 1 aliphatic rings. The lowest BCUT2D eigenvalue weighted by molar-refractivity contribution is 1.27. The van der Waals surface area contributed by atoms with E-state index < -0.39 is 0 Å². The van der Waals surface area contributed by atoms with Gasteiger partial charge in [-0.05, 0) is 58.9 Å². The van der Waals surface area contributed by atoms with Gasteiger partial charge in [0.1, 0.15) is 0 Å². The van der Waals surface area contributed by atoms with E-state index in [0.29, 0.717) is 0 Å². The minimum absolute atomic E-state index is 1.08. The topological polar surface area (TPSA) is 0 Å². The molecule has 0 N–H and O–H groups in total. The molecule has 19 heavy (non-hydrogen) atoms. The molecule has 0 unspecified atom stereocenters. The van der Waals surface area contributed by atoms with Crippen molar-refractivity contribution in [2.24, 2.45) is 0 Å². The fourth-order valence-corrected chi connectivity index (χ4v) is 3.44. The number of fused-ring (bicyclic) bond motifs is 5. The van der Waals surface area contributed by atoms with Gasteiger partial charge >= 0.3 is 0 Å². The molecule has 4 rings (SSSR count). The summed E-state index contributed by atoms with van der Waals surface area (Å²) in [6.45, 7) is 4.40. The fraction of sp³-hybridized carbons (Fsp3) is 0.158. The van der Waals surface area contributed by atoms with Crippen molar-refractivity contribution in [3.05, 3.63) is 70.8 Å². The first-order valence-corrected chi connectivity index (χ1v) is 6.85. The first-order chi connectivity index (χ1) is 9.24. The fourth-order valence-electron chi connectivity index (χ4n) is 3.44. The first-order valence-electron chi connectivity index (χ1n) is 6.85. The summed E-state index contributed by atoms with van der Waals surface area (Å²) in [5, 5.41) is 2.81. The van der Waals surface area contributed by atoms with Crippen LogP contribution in [0.5, 0.6) is 0 Å². The lowest BCUT2D eigenvalue weighted by Gasteiger charge is -2.10. The van der Waals surface area contributed by atoms with E-state index in [4.69, 9.17) is 0 Å². The lowest BCUT2D eigenvalue weighted by atomic mass is 9.94. The summed E-state index contributed by atoms with van der Waals surface area (Å²) in [4.78, 5) is 0. The summed E-state index contributed by atoms with van der Waals surface area (Å²) in [6, 6.07) is 18.0. The van der Waals surface area contributed by atoms with Crippen LogP contribution in [0.2, 0.25) is 0 Å². The van der Waals surface area contributed by atoms with Crippen molar-refractivity contribution in [1.82, 2.24) is 0 Å². The molecular formula is C19H16. The molecule has 0 heterocycles. The molecule has 0 fully saturated rings. The third-order valence-corrected chi connectivity index (χ3v) is 4.24. The van der Waals surface area contributed by atoms with Gasteiger partial charge in [0.2, 0.25) is 0 Å². The van der Waals surface area contributed by atoms with Gasteiger partial charge in [0.05, 0.1) is 0 Å². The van der Waals surface area contributed by atoms with E-state index >= 15 is 0 Å². The molecule has 3 aromatic rings. The average Bonchev–Trinajstić information content (AvgIpc) is 2.77. The third-order valence-electron chi connectivity index (χ3n) is 4.24. The highest BCUT2D eigenvalue weighted by molar-refractivity contribution is 6.02. The molecule has 1 aliphatic carbocycles. The number of benzene rings is 3.